The monoisotopic (exact) mass is 236 g/mol. The fraction of sp³-hybridized carbons (Fsp3) is 0.500. The standard InChI is InChI=1S/C14H20O3/c1-5-12(13(15)16)17-11-8-6-7-10(9-11)14(2,3)4/h6-9,12H,5H2,1-4H3,(H,15,16)/t12-/m1/s1. The van der Waals surface area contributed by atoms with E-state index in [1.165, 1.54) is 0 Å². The summed E-state index contributed by atoms with van der Waals surface area (Å²) >= 11 is 0. The van der Waals surface area contributed by atoms with Gasteiger partial charge in [-0.25, -0.2) is 4.79 Å². The Balaban J connectivity index is 2.89. The first-order valence-electron chi connectivity index (χ1n) is 5.84. The minimum atomic E-state index is -0.923. The molecule has 1 aromatic carbocycles. The fourth-order valence-electron chi connectivity index (χ4n) is 1.51. The summed E-state index contributed by atoms with van der Waals surface area (Å²) in [5.74, 6) is -0.305. The molecule has 0 saturated carbocycles. The van der Waals surface area contributed by atoms with Crippen molar-refractivity contribution in [3.05, 3.63) is 29.8 Å². The van der Waals surface area contributed by atoms with Gasteiger partial charge in [0.2, 0.25) is 0 Å². The summed E-state index contributed by atoms with van der Waals surface area (Å²) in [7, 11) is 0. The van der Waals surface area contributed by atoms with Crippen LogP contribution in [-0.4, -0.2) is 17.2 Å². The molecular formula is C14H20O3. The number of carbonyl (C=O) groups is 1. The van der Waals surface area contributed by atoms with Crippen LogP contribution in [0.25, 0.3) is 0 Å². The van der Waals surface area contributed by atoms with Crippen LogP contribution in [-0.2, 0) is 10.2 Å². The van der Waals surface area contributed by atoms with Crippen LogP contribution in [0, 0.1) is 0 Å². The first kappa shape index (κ1) is 13.6. The third-order valence-electron chi connectivity index (χ3n) is 2.62. The summed E-state index contributed by atoms with van der Waals surface area (Å²) in [6.07, 6.45) is -0.319. The number of hydrogen-bond donors (Lipinski definition) is 1. The maximum Gasteiger partial charge on any atom is 0.344 e. The lowest BCUT2D eigenvalue weighted by atomic mass is 9.87. The highest BCUT2D eigenvalue weighted by Crippen LogP contribution is 2.26. The van der Waals surface area contributed by atoms with Gasteiger partial charge in [-0.1, -0.05) is 39.8 Å². The molecule has 0 unspecified atom stereocenters. The van der Waals surface area contributed by atoms with E-state index < -0.39 is 12.1 Å². The van der Waals surface area contributed by atoms with Crippen molar-refractivity contribution in [3.8, 4) is 5.75 Å². The number of carboxylic acid groups (broad SMARTS) is 1. The highest BCUT2D eigenvalue weighted by molar-refractivity contribution is 5.72. The largest absolute Gasteiger partial charge is 0.479 e. The summed E-state index contributed by atoms with van der Waals surface area (Å²) in [6, 6.07) is 7.62. The van der Waals surface area contributed by atoms with E-state index in [-0.39, 0.29) is 5.41 Å². The molecule has 1 rings (SSSR count). The van der Waals surface area contributed by atoms with E-state index in [1.807, 2.05) is 18.2 Å². The lowest BCUT2D eigenvalue weighted by molar-refractivity contribution is -0.145. The van der Waals surface area contributed by atoms with E-state index in [0.29, 0.717) is 12.2 Å². The fourth-order valence-corrected chi connectivity index (χ4v) is 1.51. The van der Waals surface area contributed by atoms with Crippen molar-refractivity contribution in [3.63, 3.8) is 0 Å². The van der Waals surface area contributed by atoms with Gasteiger partial charge in [-0.3, -0.25) is 0 Å². The average molecular weight is 236 g/mol. The third kappa shape index (κ3) is 3.77. The normalized spacial score (nSPS) is 13.2. The minimum Gasteiger partial charge on any atom is -0.479 e. The van der Waals surface area contributed by atoms with Crippen LogP contribution in [0.3, 0.4) is 0 Å². The molecule has 0 aliphatic heterocycles. The Hall–Kier alpha value is -1.51. The van der Waals surface area contributed by atoms with E-state index in [2.05, 4.69) is 20.8 Å². The smallest absolute Gasteiger partial charge is 0.344 e. The van der Waals surface area contributed by atoms with Gasteiger partial charge in [-0.2, -0.15) is 0 Å². The topological polar surface area (TPSA) is 46.5 Å². The number of hydrogen-bond acceptors (Lipinski definition) is 2. The zero-order chi connectivity index (χ0) is 13.1. The number of aliphatic carboxylic acids is 1. The van der Waals surface area contributed by atoms with Crippen LogP contribution in [0.4, 0.5) is 0 Å². The molecule has 1 aromatic rings. The highest BCUT2D eigenvalue weighted by atomic mass is 16.5. The second-order valence-corrected chi connectivity index (χ2v) is 5.13. The van der Waals surface area contributed by atoms with Gasteiger partial charge in [-0.15, -0.1) is 0 Å². The minimum absolute atomic E-state index is 0.0320. The second-order valence-electron chi connectivity index (χ2n) is 5.13. The Morgan fingerprint density at radius 1 is 1.41 bits per heavy atom. The lowest BCUT2D eigenvalue weighted by Gasteiger charge is -2.20. The van der Waals surface area contributed by atoms with Gasteiger partial charge < -0.3 is 9.84 Å². The van der Waals surface area contributed by atoms with E-state index in [1.54, 1.807) is 13.0 Å². The van der Waals surface area contributed by atoms with Crippen molar-refractivity contribution < 1.29 is 14.6 Å². The van der Waals surface area contributed by atoms with Crippen molar-refractivity contribution in [1.82, 2.24) is 0 Å². The molecule has 0 saturated heterocycles. The number of ether oxygens (including phenoxy) is 1. The number of carboxylic acids is 1. The molecule has 0 aliphatic rings. The van der Waals surface area contributed by atoms with Crippen LogP contribution in [0.2, 0.25) is 0 Å². The molecule has 1 N–H and O–H groups in total. The number of rotatable bonds is 4. The molecule has 94 valence electrons. The van der Waals surface area contributed by atoms with E-state index in [4.69, 9.17) is 9.84 Å². The number of benzene rings is 1. The summed E-state index contributed by atoms with van der Waals surface area (Å²) in [6.45, 7) is 8.13. The molecule has 0 fully saturated rings. The van der Waals surface area contributed by atoms with Gasteiger partial charge >= 0.3 is 5.97 Å². The Morgan fingerprint density at radius 3 is 2.53 bits per heavy atom. The molecule has 1 atom stereocenters. The van der Waals surface area contributed by atoms with Crippen molar-refractivity contribution >= 4 is 5.97 Å². The molecule has 17 heavy (non-hydrogen) atoms. The quantitative estimate of drug-likeness (QED) is 0.873. The third-order valence-corrected chi connectivity index (χ3v) is 2.62. The van der Waals surface area contributed by atoms with Crippen LogP contribution in [0.15, 0.2) is 24.3 Å². The molecule has 0 spiro atoms. The van der Waals surface area contributed by atoms with E-state index in [9.17, 15) is 4.79 Å². The Labute approximate surface area is 102 Å². The van der Waals surface area contributed by atoms with Gasteiger partial charge in [0, 0.05) is 0 Å². The zero-order valence-electron chi connectivity index (χ0n) is 10.9. The summed E-state index contributed by atoms with van der Waals surface area (Å²) in [5.41, 5.74) is 1.17. The van der Waals surface area contributed by atoms with Gasteiger partial charge in [0.05, 0.1) is 0 Å². The SMILES string of the molecule is CC[C@@H](Oc1cccc(C(C)(C)C)c1)C(=O)O. The van der Waals surface area contributed by atoms with Crippen molar-refractivity contribution in [1.29, 1.82) is 0 Å². The van der Waals surface area contributed by atoms with Gasteiger partial charge in [0.1, 0.15) is 5.75 Å². The highest BCUT2D eigenvalue weighted by Gasteiger charge is 2.18. The Bertz CT molecular complexity index is 391. The molecule has 0 amide bonds. The Morgan fingerprint density at radius 2 is 2.06 bits per heavy atom. The zero-order valence-corrected chi connectivity index (χ0v) is 10.9. The predicted molar refractivity (Wildman–Crippen MR) is 67.5 cm³/mol. The van der Waals surface area contributed by atoms with Crippen LogP contribution >= 0.6 is 0 Å². The van der Waals surface area contributed by atoms with Crippen molar-refractivity contribution in [2.45, 2.75) is 45.6 Å². The summed E-state index contributed by atoms with van der Waals surface area (Å²) < 4.78 is 5.46. The average Bonchev–Trinajstić information content (AvgIpc) is 2.24. The molecule has 0 aliphatic carbocycles. The van der Waals surface area contributed by atoms with Crippen LogP contribution in [0.1, 0.15) is 39.7 Å². The molecular weight excluding hydrogens is 216 g/mol. The molecule has 0 heterocycles. The van der Waals surface area contributed by atoms with Gasteiger partial charge in [0.15, 0.2) is 6.10 Å². The molecule has 0 radical (unpaired) electrons. The molecule has 0 aromatic heterocycles. The predicted octanol–water partition coefficient (Wildman–Crippen LogP) is 3.23. The molecule has 3 nitrogen and oxygen atoms in total. The lowest BCUT2D eigenvalue weighted by Crippen LogP contribution is -2.26. The summed E-state index contributed by atoms with van der Waals surface area (Å²) in [5, 5.41) is 8.94. The molecule has 0 bridgehead atoms. The van der Waals surface area contributed by atoms with E-state index >= 15 is 0 Å². The van der Waals surface area contributed by atoms with Crippen molar-refractivity contribution in [2.24, 2.45) is 0 Å². The van der Waals surface area contributed by atoms with E-state index in [0.717, 1.165) is 5.56 Å². The van der Waals surface area contributed by atoms with Crippen LogP contribution in [0.5, 0.6) is 5.75 Å². The van der Waals surface area contributed by atoms with Crippen molar-refractivity contribution in [2.75, 3.05) is 0 Å². The first-order valence-corrected chi connectivity index (χ1v) is 5.84. The Kier molecular flexibility index (Phi) is 4.16. The first-order chi connectivity index (χ1) is 7.84. The maximum atomic E-state index is 10.9. The van der Waals surface area contributed by atoms with Crippen LogP contribution < -0.4 is 4.74 Å². The molecule has 3 heteroatoms. The maximum absolute atomic E-state index is 10.9. The van der Waals surface area contributed by atoms with Gasteiger partial charge in [-0.05, 0) is 29.5 Å². The second kappa shape index (κ2) is 5.21. The van der Waals surface area contributed by atoms with Gasteiger partial charge in [0.25, 0.3) is 0 Å². The summed E-state index contributed by atoms with van der Waals surface area (Å²) in [4.78, 5) is 10.9.